The predicted octanol–water partition coefficient (Wildman–Crippen LogP) is 1.08. The molecule has 1 heterocycles. The molecule has 1 amide bonds. The largest absolute Gasteiger partial charge is 0.394 e. The van der Waals surface area contributed by atoms with Gasteiger partial charge in [-0.1, -0.05) is 35.5 Å². The van der Waals surface area contributed by atoms with E-state index in [1.807, 2.05) is 30.3 Å². The number of amides is 1. The fourth-order valence-corrected chi connectivity index (χ4v) is 2.70. The van der Waals surface area contributed by atoms with E-state index in [0.717, 1.165) is 18.4 Å². The molecule has 0 spiro atoms. The van der Waals surface area contributed by atoms with Gasteiger partial charge in [0.2, 0.25) is 5.91 Å². The summed E-state index contributed by atoms with van der Waals surface area (Å²) in [6.07, 6.45) is 5.38. The Labute approximate surface area is 129 Å². The minimum absolute atomic E-state index is 0.000593. The van der Waals surface area contributed by atoms with Crippen LogP contribution in [0, 0.1) is 5.92 Å². The minimum Gasteiger partial charge on any atom is -0.394 e. The Bertz CT molecular complexity index is 596. The summed E-state index contributed by atoms with van der Waals surface area (Å²) < 4.78 is 1.52. The first-order valence-electron chi connectivity index (χ1n) is 7.56. The Hall–Kier alpha value is -2.21. The highest BCUT2D eigenvalue weighted by molar-refractivity contribution is 5.76. The smallest absolute Gasteiger partial charge is 0.245 e. The van der Waals surface area contributed by atoms with Crippen LogP contribution in [0.4, 0.5) is 0 Å². The fourth-order valence-electron chi connectivity index (χ4n) is 2.70. The molecule has 1 aliphatic carbocycles. The number of carbonyl (C=O) groups is 1. The molecule has 116 valence electrons. The molecule has 3 rings (SSSR count). The highest BCUT2D eigenvalue weighted by atomic mass is 16.3. The standard InChI is InChI=1S/C16H20N4O2/c21-12-15(14-6-7-14)20(10-13-4-2-1-3-5-13)16(22)11-19-9-8-17-18-19/h1-5,8-9,14-15,21H,6-7,10-12H2. The van der Waals surface area contributed by atoms with E-state index in [1.165, 1.54) is 4.68 Å². The maximum atomic E-state index is 12.7. The molecule has 1 unspecified atom stereocenters. The number of hydrogen-bond donors (Lipinski definition) is 1. The van der Waals surface area contributed by atoms with Crippen LogP contribution in [-0.2, 0) is 17.9 Å². The Morgan fingerprint density at radius 1 is 1.36 bits per heavy atom. The van der Waals surface area contributed by atoms with Crippen LogP contribution in [0.25, 0.3) is 0 Å². The molecule has 0 saturated heterocycles. The van der Waals surface area contributed by atoms with Crippen molar-refractivity contribution < 1.29 is 9.90 Å². The second kappa shape index (κ2) is 6.70. The SMILES string of the molecule is O=C(Cn1ccnn1)N(Cc1ccccc1)C(CO)C1CC1. The molecular formula is C16H20N4O2. The number of hydrogen-bond acceptors (Lipinski definition) is 4. The lowest BCUT2D eigenvalue weighted by Crippen LogP contribution is -2.44. The quantitative estimate of drug-likeness (QED) is 0.830. The number of nitrogens with zero attached hydrogens (tertiary/aromatic N) is 4. The van der Waals surface area contributed by atoms with Crippen LogP contribution in [0.15, 0.2) is 42.7 Å². The first kappa shape index (κ1) is 14.7. The number of carbonyl (C=O) groups excluding carboxylic acids is 1. The number of aliphatic hydroxyl groups is 1. The Morgan fingerprint density at radius 2 is 2.14 bits per heavy atom. The van der Waals surface area contributed by atoms with Gasteiger partial charge in [0, 0.05) is 12.7 Å². The number of benzene rings is 1. The lowest BCUT2D eigenvalue weighted by molar-refractivity contribution is -0.136. The maximum absolute atomic E-state index is 12.7. The van der Waals surface area contributed by atoms with Gasteiger partial charge in [0.25, 0.3) is 0 Å². The van der Waals surface area contributed by atoms with Crippen molar-refractivity contribution in [2.45, 2.75) is 32.0 Å². The zero-order chi connectivity index (χ0) is 15.4. The van der Waals surface area contributed by atoms with E-state index in [1.54, 1.807) is 17.3 Å². The van der Waals surface area contributed by atoms with E-state index in [9.17, 15) is 9.90 Å². The van der Waals surface area contributed by atoms with E-state index in [2.05, 4.69) is 10.3 Å². The van der Waals surface area contributed by atoms with Crippen molar-refractivity contribution in [2.75, 3.05) is 6.61 Å². The molecule has 6 heteroatoms. The van der Waals surface area contributed by atoms with Crippen LogP contribution < -0.4 is 0 Å². The summed E-state index contributed by atoms with van der Waals surface area (Å²) in [6, 6.07) is 9.75. The summed E-state index contributed by atoms with van der Waals surface area (Å²) in [5.41, 5.74) is 1.06. The van der Waals surface area contributed by atoms with Gasteiger partial charge in [0.15, 0.2) is 0 Å². The van der Waals surface area contributed by atoms with Crippen LogP contribution in [0.1, 0.15) is 18.4 Å². The molecule has 6 nitrogen and oxygen atoms in total. The topological polar surface area (TPSA) is 71.2 Å². The zero-order valence-corrected chi connectivity index (χ0v) is 12.4. The van der Waals surface area contributed by atoms with Gasteiger partial charge in [-0.05, 0) is 24.3 Å². The van der Waals surface area contributed by atoms with Crippen molar-refractivity contribution in [3.63, 3.8) is 0 Å². The zero-order valence-electron chi connectivity index (χ0n) is 12.4. The Kier molecular flexibility index (Phi) is 4.48. The Morgan fingerprint density at radius 3 is 2.73 bits per heavy atom. The summed E-state index contributed by atoms with van der Waals surface area (Å²) in [7, 11) is 0. The molecule has 1 atom stereocenters. The minimum atomic E-state index is -0.115. The van der Waals surface area contributed by atoms with Crippen molar-refractivity contribution in [3.8, 4) is 0 Å². The summed E-state index contributed by atoms with van der Waals surface area (Å²) in [5.74, 6) is 0.369. The van der Waals surface area contributed by atoms with Crippen LogP contribution in [0.2, 0.25) is 0 Å². The van der Waals surface area contributed by atoms with Crippen LogP contribution in [0.5, 0.6) is 0 Å². The van der Waals surface area contributed by atoms with Crippen LogP contribution >= 0.6 is 0 Å². The van der Waals surface area contributed by atoms with Crippen LogP contribution in [0.3, 0.4) is 0 Å². The molecule has 1 fully saturated rings. The lowest BCUT2D eigenvalue weighted by Gasteiger charge is -2.31. The highest BCUT2D eigenvalue weighted by Gasteiger charge is 2.37. The van der Waals surface area contributed by atoms with Crippen molar-refractivity contribution in [1.82, 2.24) is 19.9 Å². The first-order valence-corrected chi connectivity index (χ1v) is 7.56. The molecule has 2 aromatic rings. The predicted molar refractivity (Wildman–Crippen MR) is 80.6 cm³/mol. The van der Waals surface area contributed by atoms with E-state index in [4.69, 9.17) is 0 Å². The summed E-state index contributed by atoms with van der Waals surface area (Å²) in [5, 5.41) is 17.3. The van der Waals surface area contributed by atoms with E-state index >= 15 is 0 Å². The molecular weight excluding hydrogens is 280 g/mol. The molecule has 1 saturated carbocycles. The molecule has 1 aromatic heterocycles. The first-order chi connectivity index (χ1) is 10.8. The van der Waals surface area contributed by atoms with Gasteiger partial charge in [-0.2, -0.15) is 0 Å². The summed E-state index contributed by atoms with van der Waals surface area (Å²) in [4.78, 5) is 14.5. The Balaban J connectivity index is 1.76. The number of rotatable bonds is 7. The molecule has 1 aliphatic rings. The van der Waals surface area contributed by atoms with Crippen molar-refractivity contribution in [1.29, 1.82) is 0 Å². The van der Waals surface area contributed by atoms with Crippen LogP contribution in [-0.4, -0.2) is 43.6 Å². The monoisotopic (exact) mass is 300 g/mol. The highest BCUT2D eigenvalue weighted by Crippen LogP contribution is 2.35. The van der Waals surface area contributed by atoms with Crippen molar-refractivity contribution >= 4 is 5.91 Å². The van der Waals surface area contributed by atoms with Crippen molar-refractivity contribution in [2.24, 2.45) is 5.92 Å². The van der Waals surface area contributed by atoms with Gasteiger partial charge in [-0.25, -0.2) is 4.68 Å². The average molecular weight is 300 g/mol. The van der Waals surface area contributed by atoms with Gasteiger partial charge < -0.3 is 10.0 Å². The van der Waals surface area contributed by atoms with E-state index in [-0.39, 0.29) is 25.1 Å². The normalized spacial score (nSPS) is 15.5. The van der Waals surface area contributed by atoms with Crippen molar-refractivity contribution in [3.05, 3.63) is 48.3 Å². The molecule has 1 N–H and O–H groups in total. The molecule has 1 aromatic carbocycles. The van der Waals surface area contributed by atoms with Gasteiger partial charge >= 0.3 is 0 Å². The van der Waals surface area contributed by atoms with E-state index in [0.29, 0.717) is 12.5 Å². The summed E-state index contributed by atoms with van der Waals surface area (Å²) in [6.45, 7) is 0.659. The lowest BCUT2D eigenvalue weighted by atomic mass is 10.1. The maximum Gasteiger partial charge on any atom is 0.245 e. The summed E-state index contributed by atoms with van der Waals surface area (Å²) >= 11 is 0. The fraction of sp³-hybridized carbons (Fsp3) is 0.438. The van der Waals surface area contributed by atoms with Gasteiger partial charge in [0.1, 0.15) is 6.54 Å². The van der Waals surface area contributed by atoms with Gasteiger partial charge in [0.05, 0.1) is 18.8 Å². The third-order valence-corrected chi connectivity index (χ3v) is 4.04. The molecule has 0 radical (unpaired) electrons. The number of aliphatic hydroxyl groups excluding tert-OH is 1. The molecule has 0 aliphatic heterocycles. The van der Waals surface area contributed by atoms with Gasteiger partial charge in [-0.3, -0.25) is 4.79 Å². The van der Waals surface area contributed by atoms with E-state index < -0.39 is 0 Å². The third kappa shape index (κ3) is 3.51. The third-order valence-electron chi connectivity index (χ3n) is 4.04. The second-order valence-corrected chi connectivity index (χ2v) is 5.70. The van der Waals surface area contributed by atoms with Gasteiger partial charge in [-0.15, -0.1) is 5.10 Å². The molecule has 0 bridgehead atoms. The second-order valence-electron chi connectivity index (χ2n) is 5.70. The number of aromatic nitrogens is 3. The molecule has 22 heavy (non-hydrogen) atoms. The average Bonchev–Trinajstić information content (AvgIpc) is 3.25.